The number of amides is 1. The van der Waals surface area contributed by atoms with Gasteiger partial charge >= 0.3 is 0 Å². The molecule has 0 fully saturated rings. The fourth-order valence-electron chi connectivity index (χ4n) is 2.98. The third-order valence-electron chi connectivity index (χ3n) is 3.88. The molecule has 0 aliphatic carbocycles. The summed E-state index contributed by atoms with van der Waals surface area (Å²) in [6.07, 6.45) is 0.328. The first kappa shape index (κ1) is 14.6. The number of nitrogens with one attached hydrogen (secondary N) is 1. The lowest BCUT2D eigenvalue weighted by Crippen LogP contribution is -2.23. The molecule has 0 aliphatic rings. The second-order valence-electron chi connectivity index (χ2n) is 5.72. The fourth-order valence-corrected chi connectivity index (χ4v) is 2.98. The highest BCUT2D eigenvalue weighted by Crippen LogP contribution is 2.30. The molecule has 4 nitrogen and oxygen atoms in total. The molecule has 3 aromatic rings. The Morgan fingerprint density at radius 2 is 1.91 bits per heavy atom. The molecular formula is C18H21N3O. The van der Waals surface area contributed by atoms with E-state index in [9.17, 15) is 4.79 Å². The van der Waals surface area contributed by atoms with Crippen LogP contribution in [0.25, 0.3) is 21.8 Å². The number of para-hydroxylation sites is 1. The second kappa shape index (κ2) is 5.81. The number of fused-ring (bicyclic) bond motifs is 3. The Labute approximate surface area is 129 Å². The number of carbonyl (C=O) groups excluding carboxylic acids is 1. The van der Waals surface area contributed by atoms with Crippen LogP contribution in [0.1, 0.15) is 20.3 Å². The van der Waals surface area contributed by atoms with Gasteiger partial charge in [-0.15, -0.1) is 0 Å². The van der Waals surface area contributed by atoms with Gasteiger partial charge < -0.3 is 15.6 Å². The summed E-state index contributed by atoms with van der Waals surface area (Å²) in [5.74, 6) is -0.0476. The van der Waals surface area contributed by atoms with Crippen LogP contribution in [0.4, 0.5) is 5.69 Å². The normalized spacial score (nSPS) is 12.7. The van der Waals surface area contributed by atoms with Crippen molar-refractivity contribution in [1.82, 2.24) is 4.57 Å². The van der Waals surface area contributed by atoms with Crippen molar-refractivity contribution in [2.45, 2.75) is 32.9 Å². The lowest BCUT2D eigenvalue weighted by molar-refractivity contribution is -0.116. The molecule has 0 radical (unpaired) electrons. The van der Waals surface area contributed by atoms with E-state index in [2.05, 4.69) is 41.1 Å². The lowest BCUT2D eigenvalue weighted by atomic mass is 10.1. The molecule has 1 aromatic heterocycles. The summed E-state index contributed by atoms with van der Waals surface area (Å²) in [7, 11) is 0. The van der Waals surface area contributed by atoms with Gasteiger partial charge in [-0.05, 0) is 38.1 Å². The number of benzene rings is 2. The highest BCUT2D eigenvalue weighted by molar-refractivity contribution is 6.09. The summed E-state index contributed by atoms with van der Waals surface area (Å²) >= 11 is 0. The summed E-state index contributed by atoms with van der Waals surface area (Å²) in [5, 5.41) is 5.30. The van der Waals surface area contributed by atoms with E-state index in [-0.39, 0.29) is 11.9 Å². The average Bonchev–Trinajstić information content (AvgIpc) is 2.79. The van der Waals surface area contributed by atoms with Crippen LogP contribution < -0.4 is 11.1 Å². The minimum atomic E-state index is -0.134. The van der Waals surface area contributed by atoms with E-state index < -0.39 is 0 Å². The highest BCUT2D eigenvalue weighted by atomic mass is 16.1. The van der Waals surface area contributed by atoms with Gasteiger partial charge in [0.15, 0.2) is 0 Å². The van der Waals surface area contributed by atoms with Crippen molar-refractivity contribution < 1.29 is 4.79 Å². The Balaban J connectivity index is 2.06. The average molecular weight is 295 g/mol. The van der Waals surface area contributed by atoms with Crippen molar-refractivity contribution in [1.29, 1.82) is 0 Å². The maximum Gasteiger partial charge on any atom is 0.225 e. The molecule has 114 valence electrons. The molecule has 3 rings (SSSR count). The maximum atomic E-state index is 11.9. The van der Waals surface area contributed by atoms with E-state index >= 15 is 0 Å². The van der Waals surface area contributed by atoms with Crippen LogP contribution >= 0.6 is 0 Å². The van der Waals surface area contributed by atoms with Crippen LogP contribution in [-0.2, 0) is 11.3 Å². The van der Waals surface area contributed by atoms with Gasteiger partial charge in [0, 0.05) is 46.5 Å². The van der Waals surface area contributed by atoms with Crippen LogP contribution in [0.3, 0.4) is 0 Å². The topological polar surface area (TPSA) is 60.0 Å². The van der Waals surface area contributed by atoms with Crippen molar-refractivity contribution >= 4 is 33.4 Å². The molecule has 1 amide bonds. The number of anilines is 1. The Hall–Kier alpha value is -2.33. The van der Waals surface area contributed by atoms with Crippen LogP contribution in [0.2, 0.25) is 0 Å². The van der Waals surface area contributed by atoms with Crippen LogP contribution in [0.15, 0.2) is 42.5 Å². The molecule has 0 bridgehead atoms. The van der Waals surface area contributed by atoms with Crippen molar-refractivity contribution in [3.63, 3.8) is 0 Å². The van der Waals surface area contributed by atoms with E-state index in [1.54, 1.807) is 0 Å². The molecular weight excluding hydrogens is 274 g/mol. The third-order valence-corrected chi connectivity index (χ3v) is 3.88. The Kier molecular flexibility index (Phi) is 3.86. The lowest BCUT2D eigenvalue weighted by Gasteiger charge is -2.08. The fraction of sp³-hybridized carbons (Fsp3) is 0.278. The van der Waals surface area contributed by atoms with E-state index in [4.69, 9.17) is 5.73 Å². The standard InChI is InChI=1S/C18H21N3O/c1-3-21-16-7-5-4-6-14(16)15-11-13(8-9-17(15)21)20-18(22)10-12(2)19/h4-9,11-12H,3,10,19H2,1-2H3,(H,20,22)/t12-/m1/s1. The van der Waals surface area contributed by atoms with Crippen LogP contribution in [-0.4, -0.2) is 16.5 Å². The molecule has 0 unspecified atom stereocenters. The van der Waals surface area contributed by atoms with Crippen molar-refractivity contribution in [2.24, 2.45) is 5.73 Å². The second-order valence-corrected chi connectivity index (χ2v) is 5.72. The quantitative estimate of drug-likeness (QED) is 0.774. The zero-order valence-electron chi connectivity index (χ0n) is 13.0. The molecule has 4 heteroatoms. The summed E-state index contributed by atoms with van der Waals surface area (Å²) in [6.45, 7) is 4.89. The zero-order chi connectivity index (χ0) is 15.7. The molecule has 0 aliphatic heterocycles. The molecule has 2 aromatic carbocycles. The molecule has 1 heterocycles. The first-order valence-electron chi connectivity index (χ1n) is 7.66. The van der Waals surface area contributed by atoms with Gasteiger partial charge in [-0.25, -0.2) is 0 Å². The molecule has 1 atom stereocenters. The van der Waals surface area contributed by atoms with Crippen LogP contribution in [0, 0.1) is 0 Å². The molecule has 3 N–H and O–H groups in total. The third kappa shape index (κ3) is 2.57. The van der Waals surface area contributed by atoms with Gasteiger partial charge in [0.25, 0.3) is 0 Å². The largest absolute Gasteiger partial charge is 0.341 e. The predicted octanol–water partition coefficient (Wildman–Crippen LogP) is 3.49. The summed E-state index contributed by atoms with van der Waals surface area (Å²) in [5.41, 5.74) is 8.90. The van der Waals surface area contributed by atoms with Gasteiger partial charge in [-0.1, -0.05) is 18.2 Å². The number of rotatable bonds is 4. The van der Waals surface area contributed by atoms with Crippen molar-refractivity contribution in [3.8, 4) is 0 Å². The van der Waals surface area contributed by atoms with Crippen LogP contribution in [0.5, 0.6) is 0 Å². The first-order chi connectivity index (χ1) is 10.6. The van der Waals surface area contributed by atoms with Gasteiger partial charge in [0.05, 0.1) is 0 Å². The Bertz CT molecular complexity index is 833. The first-order valence-corrected chi connectivity index (χ1v) is 7.66. The minimum absolute atomic E-state index is 0.0476. The highest BCUT2D eigenvalue weighted by Gasteiger charge is 2.11. The number of hydrogen-bond donors (Lipinski definition) is 2. The van der Waals surface area contributed by atoms with Gasteiger partial charge in [0.2, 0.25) is 5.91 Å². The van der Waals surface area contributed by atoms with E-state index in [0.717, 1.165) is 17.6 Å². The van der Waals surface area contributed by atoms with E-state index in [1.165, 1.54) is 16.4 Å². The predicted molar refractivity (Wildman–Crippen MR) is 92.0 cm³/mol. The molecule has 0 saturated heterocycles. The van der Waals surface area contributed by atoms with Crippen molar-refractivity contribution in [2.75, 3.05) is 5.32 Å². The summed E-state index contributed by atoms with van der Waals surface area (Å²) in [4.78, 5) is 11.9. The van der Waals surface area contributed by atoms with Crippen molar-refractivity contribution in [3.05, 3.63) is 42.5 Å². The van der Waals surface area contributed by atoms with Gasteiger partial charge in [-0.2, -0.15) is 0 Å². The molecule has 22 heavy (non-hydrogen) atoms. The SMILES string of the molecule is CCn1c2ccccc2c2cc(NC(=O)C[C@@H](C)N)ccc21. The maximum absolute atomic E-state index is 11.9. The zero-order valence-corrected chi connectivity index (χ0v) is 13.0. The van der Waals surface area contributed by atoms with Gasteiger partial charge in [0.1, 0.15) is 0 Å². The number of carbonyl (C=O) groups is 1. The number of aromatic nitrogens is 1. The van der Waals surface area contributed by atoms with E-state index in [0.29, 0.717) is 6.42 Å². The number of hydrogen-bond acceptors (Lipinski definition) is 2. The smallest absolute Gasteiger partial charge is 0.225 e. The van der Waals surface area contributed by atoms with Gasteiger partial charge in [-0.3, -0.25) is 4.79 Å². The number of nitrogens with two attached hydrogens (primary N) is 1. The molecule has 0 saturated carbocycles. The monoisotopic (exact) mass is 295 g/mol. The Morgan fingerprint density at radius 1 is 1.18 bits per heavy atom. The summed E-state index contributed by atoms with van der Waals surface area (Å²) < 4.78 is 2.29. The minimum Gasteiger partial charge on any atom is -0.341 e. The van der Waals surface area contributed by atoms with E-state index in [1.807, 2.05) is 25.1 Å². The number of nitrogens with zero attached hydrogens (tertiary/aromatic N) is 1. The summed E-state index contributed by atoms with van der Waals surface area (Å²) in [6, 6.07) is 14.3. The molecule has 0 spiro atoms. The number of aryl methyl sites for hydroxylation is 1. The Morgan fingerprint density at radius 3 is 2.64 bits per heavy atom.